The van der Waals surface area contributed by atoms with Crippen LogP contribution in [0.3, 0.4) is 0 Å². The van der Waals surface area contributed by atoms with Crippen molar-refractivity contribution in [1.82, 2.24) is 9.97 Å². The highest BCUT2D eigenvalue weighted by molar-refractivity contribution is 7.14. The first-order chi connectivity index (χ1) is 14.3. The summed E-state index contributed by atoms with van der Waals surface area (Å²) in [6, 6.07) is 16.8. The Bertz CT molecular complexity index is 1100. The number of ether oxygens (including phenoxy) is 1. The summed E-state index contributed by atoms with van der Waals surface area (Å²) in [4.78, 5) is 23.0. The van der Waals surface area contributed by atoms with E-state index in [1.54, 1.807) is 43.2 Å². The number of Topliss-reactive ketones (excluding diaryl/α,β-unsaturated/α-hetero) is 1. The minimum atomic E-state index is -0.602. The zero-order valence-electron chi connectivity index (χ0n) is 15.8. The molecule has 1 aromatic carbocycles. The zero-order chi connectivity index (χ0) is 20.1. The first-order valence-electron chi connectivity index (χ1n) is 9.09. The van der Waals surface area contributed by atoms with Gasteiger partial charge in [-0.3, -0.25) is 14.8 Å². The van der Waals surface area contributed by atoms with Gasteiger partial charge in [-0.1, -0.05) is 36.4 Å². The molecule has 1 N–H and O–H groups in total. The van der Waals surface area contributed by atoms with Crippen molar-refractivity contribution < 1.29 is 9.53 Å². The van der Waals surface area contributed by atoms with Crippen LogP contribution in [0.5, 0.6) is 5.75 Å². The molecule has 144 valence electrons. The van der Waals surface area contributed by atoms with E-state index < -0.39 is 6.04 Å². The van der Waals surface area contributed by atoms with Gasteiger partial charge >= 0.3 is 0 Å². The Morgan fingerprint density at radius 3 is 2.66 bits per heavy atom. The normalized spacial score (nSPS) is 11.6. The number of hydrogen-bond donors (Lipinski definition) is 1. The van der Waals surface area contributed by atoms with Crippen molar-refractivity contribution >= 4 is 22.8 Å². The summed E-state index contributed by atoms with van der Waals surface area (Å²) < 4.78 is 5.25. The second-order valence-electron chi connectivity index (χ2n) is 6.37. The van der Waals surface area contributed by atoms with Crippen molar-refractivity contribution in [3.05, 3.63) is 95.9 Å². The van der Waals surface area contributed by atoms with E-state index >= 15 is 0 Å². The quantitative estimate of drug-likeness (QED) is 0.429. The summed E-state index contributed by atoms with van der Waals surface area (Å²) in [5.41, 5.74) is 3.19. The molecule has 3 aromatic heterocycles. The van der Waals surface area contributed by atoms with Gasteiger partial charge in [-0.2, -0.15) is 0 Å². The van der Waals surface area contributed by atoms with E-state index in [-0.39, 0.29) is 5.78 Å². The number of rotatable bonds is 7. The van der Waals surface area contributed by atoms with Crippen LogP contribution >= 0.6 is 11.3 Å². The Hall–Kier alpha value is -3.51. The first-order valence-corrected chi connectivity index (χ1v) is 9.97. The lowest BCUT2D eigenvalue weighted by molar-refractivity contribution is 0.0970. The van der Waals surface area contributed by atoms with Crippen molar-refractivity contribution in [1.29, 1.82) is 0 Å². The van der Waals surface area contributed by atoms with Crippen LogP contribution in [0.25, 0.3) is 10.4 Å². The average Bonchev–Trinajstić information content (AvgIpc) is 3.28. The van der Waals surface area contributed by atoms with Crippen LogP contribution in [0.2, 0.25) is 0 Å². The highest BCUT2D eigenvalue weighted by atomic mass is 32.1. The third kappa shape index (κ3) is 4.17. The van der Waals surface area contributed by atoms with Gasteiger partial charge in [0.1, 0.15) is 11.8 Å². The summed E-state index contributed by atoms with van der Waals surface area (Å²) in [6.45, 7) is 0. The van der Waals surface area contributed by atoms with Crippen LogP contribution in [0.1, 0.15) is 22.0 Å². The summed E-state index contributed by atoms with van der Waals surface area (Å²) in [6.07, 6.45) is 6.69. The lowest BCUT2D eigenvalue weighted by Crippen LogP contribution is -2.21. The van der Waals surface area contributed by atoms with Crippen molar-refractivity contribution in [3.8, 4) is 16.2 Å². The highest BCUT2D eigenvalue weighted by Gasteiger charge is 2.26. The molecule has 0 amide bonds. The lowest BCUT2D eigenvalue weighted by Gasteiger charge is -2.19. The standard InChI is InChI=1S/C23H19N3O2S/c1-28-19-12-18(14-25-15-19)26-21(17-8-5-10-24-13-17)22(27)20-9-11-29-23(20)16-6-3-2-4-7-16/h2-15,21,26H,1H3. The lowest BCUT2D eigenvalue weighted by atomic mass is 9.97. The number of carbonyl (C=O) groups excluding carboxylic acids is 1. The minimum absolute atomic E-state index is 0.0269. The Balaban J connectivity index is 1.72. The topological polar surface area (TPSA) is 64.1 Å². The molecule has 3 heterocycles. The predicted molar refractivity (Wildman–Crippen MR) is 115 cm³/mol. The number of nitrogens with one attached hydrogen (secondary N) is 1. The van der Waals surface area contributed by atoms with Crippen LogP contribution in [-0.4, -0.2) is 22.9 Å². The van der Waals surface area contributed by atoms with Crippen molar-refractivity contribution in [2.75, 3.05) is 12.4 Å². The second kappa shape index (κ2) is 8.67. The van der Waals surface area contributed by atoms with Crippen LogP contribution in [0.15, 0.2) is 84.8 Å². The number of nitrogens with zero attached hydrogens (tertiary/aromatic N) is 2. The number of pyridine rings is 2. The van der Waals surface area contributed by atoms with Gasteiger partial charge in [0.2, 0.25) is 0 Å². The van der Waals surface area contributed by atoms with Gasteiger partial charge in [0.15, 0.2) is 5.78 Å². The van der Waals surface area contributed by atoms with Crippen molar-refractivity contribution in [3.63, 3.8) is 0 Å². The fourth-order valence-electron chi connectivity index (χ4n) is 3.09. The molecule has 0 fully saturated rings. The minimum Gasteiger partial charge on any atom is -0.495 e. The molecule has 6 heteroatoms. The van der Waals surface area contributed by atoms with E-state index in [9.17, 15) is 4.79 Å². The summed E-state index contributed by atoms with van der Waals surface area (Å²) in [7, 11) is 1.59. The van der Waals surface area contributed by atoms with Crippen molar-refractivity contribution in [2.45, 2.75) is 6.04 Å². The molecule has 4 rings (SSSR count). The first kappa shape index (κ1) is 18.8. The van der Waals surface area contributed by atoms with Gasteiger partial charge in [0, 0.05) is 34.5 Å². The van der Waals surface area contributed by atoms with E-state index in [4.69, 9.17) is 4.74 Å². The Morgan fingerprint density at radius 2 is 1.90 bits per heavy atom. The Labute approximate surface area is 173 Å². The maximum atomic E-state index is 13.6. The number of ketones is 1. The molecule has 1 atom stereocenters. The molecule has 0 aliphatic heterocycles. The maximum absolute atomic E-state index is 13.6. The Morgan fingerprint density at radius 1 is 1.03 bits per heavy atom. The number of methoxy groups -OCH3 is 1. The van der Waals surface area contributed by atoms with Gasteiger partial charge < -0.3 is 10.1 Å². The molecule has 0 radical (unpaired) electrons. The largest absolute Gasteiger partial charge is 0.495 e. The van der Waals surface area contributed by atoms with Gasteiger partial charge in [0.05, 0.1) is 25.2 Å². The second-order valence-corrected chi connectivity index (χ2v) is 7.29. The van der Waals surface area contributed by atoms with Gasteiger partial charge in [-0.15, -0.1) is 11.3 Å². The average molecular weight is 401 g/mol. The molecule has 0 aliphatic carbocycles. The van der Waals surface area contributed by atoms with Crippen LogP contribution in [0.4, 0.5) is 5.69 Å². The van der Waals surface area contributed by atoms with Crippen molar-refractivity contribution in [2.24, 2.45) is 0 Å². The zero-order valence-corrected chi connectivity index (χ0v) is 16.6. The molecule has 29 heavy (non-hydrogen) atoms. The molecule has 0 saturated carbocycles. The van der Waals surface area contributed by atoms with Crippen LogP contribution in [0, 0.1) is 0 Å². The summed E-state index contributed by atoms with van der Waals surface area (Å²) >= 11 is 1.56. The fourth-order valence-corrected chi connectivity index (χ4v) is 4.00. The number of aromatic nitrogens is 2. The fraction of sp³-hybridized carbons (Fsp3) is 0.0870. The molecule has 0 bridgehead atoms. The third-order valence-corrected chi connectivity index (χ3v) is 5.47. The third-order valence-electron chi connectivity index (χ3n) is 4.51. The van der Waals surface area contributed by atoms with E-state index in [0.717, 1.165) is 16.0 Å². The summed E-state index contributed by atoms with van der Waals surface area (Å²) in [5.74, 6) is 0.591. The van der Waals surface area contributed by atoms with E-state index in [2.05, 4.69) is 15.3 Å². The predicted octanol–water partition coefficient (Wildman–Crippen LogP) is 5.25. The molecule has 1 unspecified atom stereocenters. The number of benzene rings is 1. The number of carbonyl (C=O) groups is 1. The maximum Gasteiger partial charge on any atom is 0.191 e. The van der Waals surface area contributed by atoms with Gasteiger partial charge in [-0.25, -0.2) is 0 Å². The van der Waals surface area contributed by atoms with E-state index in [0.29, 0.717) is 17.0 Å². The Kier molecular flexibility index (Phi) is 5.63. The molecule has 4 aromatic rings. The molecular formula is C23H19N3O2S. The smallest absolute Gasteiger partial charge is 0.191 e. The molecular weight excluding hydrogens is 382 g/mol. The van der Waals surface area contributed by atoms with E-state index in [1.807, 2.05) is 60.0 Å². The molecule has 0 saturated heterocycles. The molecule has 0 spiro atoms. The van der Waals surface area contributed by atoms with Crippen LogP contribution in [-0.2, 0) is 0 Å². The van der Waals surface area contributed by atoms with Gasteiger partial charge in [0.25, 0.3) is 0 Å². The monoisotopic (exact) mass is 401 g/mol. The number of anilines is 1. The molecule has 0 aliphatic rings. The van der Waals surface area contributed by atoms with Gasteiger partial charge in [-0.05, 0) is 23.1 Å². The SMILES string of the molecule is COc1cncc(NC(C(=O)c2ccsc2-c2ccccc2)c2cccnc2)c1. The van der Waals surface area contributed by atoms with Crippen LogP contribution < -0.4 is 10.1 Å². The van der Waals surface area contributed by atoms with E-state index in [1.165, 1.54) is 0 Å². The molecule has 5 nitrogen and oxygen atoms in total. The number of hydrogen-bond acceptors (Lipinski definition) is 6. The summed E-state index contributed by atoms with van der Waals surface area (Å²) in [5, 5.41) is 5.26. The number of thiophene rings is 1. The highest BCUT2D eigenvalue weighted by Crippen LogP contribution is 2.33.